The molecule has 1 aliphatic carbocycles. The van der Waals surface area contributed by atoms with Crippen molar-refractivity contribution in [2.75, 3.05) is 0 Å². The third kappa shape index (κ3) is 5.46. The van der Waals surface area contributed by atoms with E-state index in [0.29, 0.717) is 24.5 Å². The van der Waals surface area contributed by atoms with Gasteiger partial charge in [0.15, 0.2) is 17.5 Å². The number of hydrogen-bond donors (Lipinski definition) is 0. The van der Waals surface area contributed by atoms with Crippen LogP contribution in [0.2, 0.25) is 0 Å². The summed E-state index contributed by atoms with van der Waals surface area (Å²) < 4.78 is 87.1. The molecule has 7 heteroatoms. The molecule has 0 bridgehead atoms. The van der Waals surface area contributed by atoms with Crippen LogP contribution in [0, 0.1) is 35.1 Å². The Kier molecular flexibility index (Phi) is 6.44. The highest BCUT2D eigenvalue weighted by atomic mass is 19.3. The summed E-state index contributed by atoms with van der Waals surface area (Å²) in [6, 6.07) is 4.15. The topological polar surface area (TPSA) is 9.23 Å². The van der Waals surface area contributed by atoms with Gasteiger partial charge < -0.3 is 4.74 Å². The van der Waals surface area contributed by atoms with Crippen molar-refractivity contribution in [3.63, 3.8) is 0 Å². The van der Waals surface area contributed by atoms with Gasteiger partial charge in [-0.1, -0.05) is 32.6 Å². The van der Waals surface area contributed by atoms with E-state index in [4.69, 9.17) is 0 Å². The van der Waals surface area contributed by atoms with E-state index < -0.39 is 41.5 Å². The molecule has 158 valence electrons. The summed E-state index contributed by atoms with van der Waals surface area (Å²) in [7, 11) is 0. The van der Waals surface area contributed by atoms with Crippen molar-refractivity contribution in [2.45, 2.75) is 51.6 Å². The molecule has 0 spiro atoms. The third-order valence-corrected chi connectivity index (χ3v) is 5.48. The van der Waals surface area contributed by atoms with Crippen molar-refractivity contribution in [1.29, 1.82) is 0 Å². The van der Waals surface area contributed by atoms with Crippen molar-refractivity contribution in [3.8, 4) is 16.9 Å². The van der Waals surface area contributed by atoms with E-state index in [1.165, 1.54) is 0 Å². The monoisotopic (exact) mass is 416 g/mol. The molecule has 0 aliphatic heterocycles. The van der Waals surface area contributed by atoms with E-state index in [1.54, 1.807) is 0 Å². The Morgan fingerprint density at radius 2 is 1.52 bits per heavy atom. The summed E-state index contributed by atoms with van der Waals surface area (Å²) in [5.74, 6) is -5.13. The number of halogens is 6. The van der Waals surface area contributed by atoms with Crippen molar-refractivity contribution in [1.82, 2.24) is 0 Å². The van der Waals surface area contributed by atoms with Gasteiger partial charge in [-0.25, -0.2) is 17.6 Å². The number of alkyl halides is 2. The van der Waals surface area contributed by atoms with Gasteiger partial charge in [0, 0.05) is 11.6 Å². The number of ether oxygens (including phenoxy) is 1. The van der Waals surface area contributed by atoms with Gasteiger partial charge in [0.1, 0.15) is 11.6 Å². The fourth-order valence-corrected chi connectivity index (χ4v) is 3.72. The Morgan fingerprint density at radius 1 is 0.897 bits per heavy atom. The Hall–Kier alpha value is -2.18. The fourth-order valence-electron chi connectivity index (χ4n) is 3.72. The van der Waals surface area contributed by atoms with Crippen molar-refractivity contribution in [3.05, 3.63) is 53.6 Å². The largest absolute Gasteiger partial charge is 0.432 e. The van der Waals surface area contributed by atoms with E-state index in [-0.39, 0.29) is 17.0 Å². The van der Waals surface area contributed by atoms with E-state index in [0.717, 1.165) is 43.9 Å². The third-order valence-electron chi connectivity index (χ3n) is 5.48. The average Bonchev–Trinajstić information content (AvgIpc) is 2.65. The molecule has 0 heterocycles. The molecule has 0 N–H and O–H groups in total. The predicted molar refractivity (Wildman–Crippen MR) is 97.6 cm³/mol. The molecule has 0 saturated heterocycles. The second-order valence-electron chi connectivity index (χ2n) is 7.80. The van der Waals surface area contributed by atoms with Crippen LogP contribution in [0.3, 0.4) is 0 Å². The standard InChI is InChI=1S/C22H22F6O/c1-13-2-4-14(5-3-13)8-9-22(27,28)29-16-6-7-17(18(23)12-16)15-10-19(24)21(26)20(25)11-15/h6-7,10-14H,2-5,8-9H2,1H3. The second kappa shape index (κ2) is 8.67. The van der Waals surface area contributed by atoms with Gasteiger partial charge >= 0.3 is 6.11 Å². The molecule has 0 radical (unpaired) electrons. The minimum Gasteiger partial charge on any atom is -0.432 e. The normalized spacial score (nSPS) is 20.0. The molecule has 0 atom stereocenters. The molecule has 1 fully saturated rings. The molecule has 3 rings (SSSR count). The molecule has 0 unspecified atom stereocenters. The highest BCUT2D eigenvalue weighted by Crippen LogP contribution is 2.36. The lowest BCUT2D eigenvalue weighted by Gasteiger charge is -2.27. The van der Waals surface area contributed by atoms with E-state index >= 15 is 0 Å². The Morgan fingerprint density at radius 3 is 2.10 bits per heavy atom. The SMILES string of the molecule is CC1CCC(CCC(F)(F)Oc2ccc(-c3cc(F)c(F)c(F)c3)c(F)c2)CC1. The van der Waals surface area contributed by atoms with Crippen molar-refractivity contribution in [2.24, 2.45) is 11.8 Å². The summed E-state index contributed by atoms with van der Waals surface area (Å²) in [5, 5.41) is 0. The number of benzene rings is 2. The summed E-state index contributed by atoms with van der Waals surface area (Å²) in [5.41, 5.74) is -0.501. The summed E-state index contributed by atoms with van der Waals surface area (Å²) in [4.78, 5) is 0. The van der Waals surface area contributed by atoms with Crippen LogP contribution in [0.4, 0.5) is 26.3 Å². The maximum atomic E-state index is 14.3. The number of rotatable bonds is 6. The highest BCUT2D eigenvalue weighted by molar-refractivity contribution is 5.65. The van der Waals surface area contributed by atoms with Gasteiger partial charge in [-0.05, 0) is 48.1 Å². The van der Waals surface area contributed by atoms with Crippen LogP contribution in [-0.4, -0.2) is 6.11 Å². The minimum absolute atomic E-state index is 0.239. The van der Waals surface area contributed by atoms with Crippen LogP contribution in [-0.2, 0) is 0 Å². The first-order valence-corrected chi connectivity index (χ1v) is 9.66. The van der Waals surface area contributed by atoms with Crippen LogP contribution >= 0.6 is 0 Å². The maximum Gasteiger partial charge on any atom is 0.397 e. The van der Waals surface area contributed by atoms with Crippen molar-refractivity contribution >= 4 is 0 Å². The lowest BCUT2D eigenvalue weighted by atomic mass is 9.81. The summed E-state index contributed by atoms with van der Waals surface area (Å²) in [6.45, 7) is 2.15. The van der Waals surface area contributed by atoms with Gasteiger partial charge in [-0.15, -0.1) is 0 Å². The number of hydrogen-bond acceptors (Lipinski definition) is 1. The van der Waals surface area contributed by atoms with Crippen LogP contribution < -0.4 is 4.74 Å². The minimum atomic E-state index is -3.45. The van der Waals surface area contributed by atoms with E-state index in [2.05, 4.69) is 11.7 Å². The van der Waals surface area contributed by atoms with Crippen molar-refractivity contribution < 1.29 is 31.1 Å². The maximum absolute atomic E-state index is 14.3. The first-order chi connectivity index (χ1) is 13.6. The molecular formula is C22H22F6O. The molecule has 2 aromatic carbocycles. The molecule has 1 nitrogen and oxygen atoms in total. The lowest BCUT2D eigenvalue weighted by Crippen LogP contribution is -2.26. The van der Waals surface area contributed by atoms with Gasteiger partial charge in [-0.2, -0.15) is 8.78 Å². The highest BCUT2D eigenvalue weighted by Gasteiger charge is 2.33. The van der Waals surface area contributed by atoms with Crippen LogP contribution in [0.25, 0.3) is 11.1 Å². The van der Waals surface area contributed by atoms with Crippen LogP contribution in [0.15, 0.2) is 30.3 Å². The zero-order valence-corrected chi connectivity index (χ0v) is 16.0. The Bertz CT molecular complexity index is 835. The van der Waals surface area contributed by atoms with Gasteiger partial charge in [0.25, 0.3) is 0 Å². The lowest BCUT2D eigenvalue weighted by molar-refractivity contribution is -0.183. The molecule has 1 aliphatic rings. The molecule has 29 heavy (non-hydrogen) atoms. The van der Waals surface area contributed by atoms with Crippen LogP contribution in [0.1, 0.15) is 45.4 Å². The average molecular weight is 416 g/mol. The zero-order valence-electron chi connectivity index (χ0n) is 16.0. The van der Waals surface area contributed by atoms with E-state index in [9.17, 15) is 26.3 Å². The van der Waals surface area contributed by atoms with Gasteiger partial charge in [0.2, 0.25) is 0 Å². The Balaban J connectivity index is 1.66. The molecule has 1 saturated carbocycles. The van der Waals surface area contributed by atoms with E-state index in [1.807, 2.05) is 0 Å². The Labute approximate surface area is 165 Å². The fraction of sp³-hybridized carbons (Fsp3) is 0.455. The first-order valence-electron chi connectivity index (χ1n) is 9.66. The second-order valence-corrected chi connectivity index (χ2v) is 7.80. The molecule has 0 aromatic heterocycles. The summed E-state index contributed by atoms with van der Waals surface area (Å²) in [6.07, 6.45) is 0.322. The van der Waals surface area contributed by atoms with Gasteiger partial charge in [0.05, 0.1) is 6.42 Å². The van der Waals surface area contributed by atoms with Crippen LogP contribution in [0.5, 0.6) is 5.75 Å². The predicted octanol–water partition coefficient (Wildman–Crippen LogP) is 7.49. The molecule has 2 aromatic rings. The zero-order chi connectivity index (χ0) is 21.2. The molecular weight excluding hydrogens is 394 g/mol. The van der Waals surface area contributed by atoms with Gasteiger partial charge in [-0.3, -0.25) is 0 Å². The first kappa shape index (κ1) is 21.5. The summed E-state index contributed by atoms with van der Waals surface area (Å²) >= 11 is 0. The quantitative estimate of drug-likeness (QED) is 0.350. The molecule has 0 amide bonds. The smallest absolute Gasteiger partial charge is 0.397 e.